The first kappa shape index (κ1) is 25.7. The molecule has 1 heterocycles. The average molecular weight is 550 g/mol. The molecule has 0 bridgehead atoms. The first-order valence-corrected chi connectivity index (χ1v) is 13.1. The van der Waals surface area contributed by atoms with E-state index in [-0.39, 0.29) is 32.9 Å². The highest BCUT2D eigenvalue weighted by molar-refractivity contribution is 7.93. The minimum atomic E-state index is -4.39. The second-order valence-electron chi connectivity index (χ2n) is 8.06. The van der Waals surface area contributed by atoms with Gasteiger partial charge in [-0.25, -0.2) is 18.0 Å². The number of nitrogens with one attached hydrogen (secondary N) is 1. The number of fused-ring (bicyclic) bond motifs is 1. The fraction of sp³-hybridized carbons (Fsp3) is 0.208. The van der Waals surface area contributed by atoms with Crippen LogP contribution in [0, 0.1) is 0 Å². The molecule has 0 aliphatic carbocycles. The van der Waals surface area contributed by atoms with Crippen molar-refractivity contribution in [3.8, 4) is 11.4 Å². The summed E-state index contributed by atoms with van der Waals surface area (Å²) in [5.74, 6) is -1.78. The molecule has 12 heteroatoms. The van der Waals surface area contributed by atoms with Gasteiger partial charge >= 0.3 is 11.7 Å². The Bertz CT molecular complexity index is 1580. The Morgan fingerprint density at radius 1 is 1.14 bits per heavy atom. The van der Waals surface area contributed by atoms with E-state index in [1.807, 2.05) is 6.92 Å². The van der Waals surface area contributed by atoms with Crippen molar-refractivity contribution in [2.24, 2.45) is 0 Å². The van der Waals surface area contributed by atoms with Crippen molar-refractivity contribution in [3.63, 3.8) is 0 Å². The van der Waals surface area contributed by atoms with Crippen molar-refractivity contribution >= 4 is 55.7 Å². The van der Waals surface area contributed by atoms with Crippen molar-refractivity contribution in [3.05, 3.63) is 75.2 Å². The van der Waals surface area contributed by atoms with Gasteiger partial charge in [-0.05, 0) is 47.5 Å². The molecule has 2 N–H and O–H groups in total. The molecule has 1 unspecified atom stereocenters. The number of carbonyl (C=O) groups is 1. The van der Waals surface area contributed by atoms with E-state index < -0.39 is 27.8 Å². The van der Waals surface area contributed by atoms with Gasteiger partial charge in [0.25, 0.3) is 10.0 Å². The molecule has 0 radical (unpaired) electrons. The van der Waals surface area contributed by atoms with Crippen LogP contribution in [0.15, 0.2) is 68.8 Å². The molecule has 0 aliphatic rings. The van der Waals surface area contributed by atoms with Crippen molar-refractivity contribution in [2.75, 3.05) is 4.31 Å². The first-order chi connectivity index (χ1) is 17.1. The van der Waals surface area contributed by atoms with Gasteiger partial charge in [-0.2, -0.15) is 0 Å². The summed E-state index contributed by atoms with van der Waals surface area (Å²) in [6.07, 6.45) is 1.27. The topological polar surface area (TPSA) is 134 Å². The van der Waals surface area contributed by atoms with Gasteiger partial charge in [0.05, 0.1) is 10.6 Å². The lowest BCUT2D eigenvalue weighted by Gasteiger charge is -2.30. The van der Waals surface area contributed by atoms with Crippen molar-refractivity contribution in [1.82, 2.24) is 10.1 Å². The van der Waals surface area contributed by atoms with Gasteiger partial charge in [0.2, 0.25) is 0 Å². The number of unbranched alkanes of at least 4 members (excludes halogenated alkanes) is 1. The molecule has 36 heavy (non-hydrogen) atoms. The molecular weight excluding hydrogens is 529 g/mol. The van der Waals surface area contributed by atoms with Gasteiger partial charge in [0, 0.05) is 15.6 Å². The number of aliphatic carboxylic acids is 1. The standard InChI is InChI=1S/C24H21Cl2N3O6S/c1-2-3-7-21(23(30)31)29(36(33,34)18-12-15(25)11-16(26)13-18)17-8-9-19-14(10-17)5-4-6-20(19)22-27-24(32)35-28-22/h4-6,8-13,21H,2-3,7H2,1H3,(H,30,31)(H,27,28,32). The van der Waals surface area contributed by atoms with Crippen LogP contribution in [0.5, 0.6) is 0 Å². The molecule has 1 aromatic heterocycles. The van der Waals surface area contributed by atoms with E-state index in [1.165, 1.54) is 24.3 Å². The summed E-state index contributed by atoms with van der Waals surface area (Å²) < 4.78 is 33.2. The molecule has 0 saturated carbocycles. The number of hydrogen-bond acceptors (Lipinski definition) is 6. The van der Waals surface area contributed by atoms with E-state index in [1.54, 1.807) is 30.3 Å². The van der Waals surface area contributed by atoms with E-state index in [0.29, 0.717) is 29.2 Å². The van der Waals surface area contributed by atoms with E-state index in [4.69, 9.17) is 23.2 Å². The zero-order chi connectivity index (χ0) is 26.0. The maximum absolute atomic E-state index is 13.9. The predicted molar refractivity (Wildman–Crippen MR) is 137 cm³/mol. The summed E-state index contributed by atoms with van der Waals surface area (Å²) in [7, 11) is -4.39. The monoisotopic (exact) mass is 549 g/mol. The summed E-state index contributed by atoms with van der Waals surface area (Å²) in [6.45, 7) is 1.89. The minimum absolute atomic E-state index is 0.0949. The Kier molecular flexibility index (Phi) is 7.39. The normalized spacial score (nSPS) is 12.5. The number of benzene rings is 3. The molecule has 4 rings (SSSR count). The number of H-pyrrole nitrogens is 1. The number of anilines is 1. The van der Waals surface area contributed by atoms with Gasteiger partial charge in [0.15, 0.2) is 5.82 Å². The van der Waals surface area contributed by atoms with Gasteiger partial charge in [-0.1, -0.05) is 72.4 Å². The Balaban J connectivity index is 1.92. The number of carboxylic acid groups (broad SMARTS) is 1. The first-order valence-electron chi connectivity index (χ1n) is 10.9. The average Bonchev–Trinajstić information content (AvgIpc) is 3.26. The number of rotatable bonds is 9. The fourth-order valence-corrected chi connectivity index (χ4v) is 6.33. The number of aromatic amines is 1. The largest absolute Gasteiger partial charge is 0.480 e. The van der Waals surface area contributed by atoms with Crippen LogP contribution in [0.3, 0.4) is 0 Å². The van der Waals surface area contributed by atoms with Gasteiger partial charge < -0.3 is 5.11 Å². The number of aromatic nitrogens is 2. The highest BCUT2D eigenvalue weighted by Gasteiger charge is 2.36. The Morgan fingerprint density at radius 2 is 1.86 bits per heavy atom. The van der Waals surface area contributed by atoms with Crippen LogP contribution in [0.2, 0.25) is 10.0 Å². The number of hydrogen-bond donors (Lipinski definition) is 2. The third kappa shape index (κ3) is 5.11. The summed E-state index contributed by atoms with van der Waals surface area (Å²) in [4.78, 5) is 26.0. The van der Waals surface area contributed by atoms with E-state index in [9.17, 15) is 23.1 Å². The molecule has 1 atom stereocenters. The smallest absolute Gasteiger partial charge is 0.439 e. The van der Waals surface area contributed by atoms with Crippen molar-refractivity contribution in [1.29, 1.82) is 0 Å². The maximum Gasteiger partial charge on any atom is 0.439 e. The van der Waals surface area contributed by atoms with Crippen LogP contribution in [-0.4, -0.2) is 35.7 Å². The van der Waals surface area contributed by atoms with Crippen LogP contribution in [-0.2, 0) is 14.8 Å². The van der Waals surface area contributed by atoms with E-state index in [0.717, 1.165) is 4.31 Å². The molecule has 0 aliphatic heterocycles. The number of sulfonamides is 1. The van der Waals surface area contributed by atoms with Crippen LogP contribution < -0.4 is 10.1 Å². The predicted octanol–water partition coefficient (Wildman–Crippen LogP) is 5.33. The molecule has 0 spiro atoms. The van der Waals surface area contributed by atoms with Crippen LogP contribution in [0.25, 0.3) is 22.2 Å². The highest BCUT2D eigenvalue weighted by Crippen LogP contribution is 2.35. The molecule has 9 nitrogen and oxygen atoms in total. The Hall–Kier alpha value is -3.34. The lowest BCUT2D eigenvalue weighted by molar-refractivity contribution is -0.138. The second kappa shape index (κ2) is 10.3. The zero-order valence-corrected chi connectivity index (χ0v) is 21.3. The van der Waals surface area contributed by atoms with Gasteiger partial charge in [-0.15, -0.1) is 0 Å². The number of halogens is 2. The lowest BCUT2D eigenvalue weighted by Crippen LogP contribution is -2.45. The van der Waals surface area contributed by atoms with Crippen LogP contribution in [0.4, 0.5) is 5.69 Å². The molecule has 0 amide bonds. The fourth-order valence-electron chi connectivity index (χ4n) is 3.98. The molecule has 3 aromatic carbocycles. The molecule has 4 aromatic rings. The van der Waals surface area contributed by atoms with Crippen molar-refractivity contribution < 1.29 is 22.8 Å². The zero-order valence-electron chi connectivity index (χ0n) is 18.9. The quantitative estimate of drug-likeness (QED) is 0.288. The number of carboxylic acids is 1. The van der Waals surface area contributed by atoms with E-state index in [2.05, 4.69) is 14.7 Å². The second-order valence-corrected chi connectivity index (χ2v) is 10.7. The molecule has 188 valence electrons. The van der Waals surface area contributed by atoms with E-state index >= 15 is 0 Å². The number of nitrogens with zero attached hydrogens (tertiary/aromatic N) is 2. The summed E-state index contributed by atoms with van der Waals surface area (Å²) in [5, 5.41) is 15.2. The Morgan fingerprint density at radius 3 is 2.47 bits per heavy atom. The molecule has 0 fully saturated rings. The van der Waals surface area contributed by atoms with Crippen LogP contribution in [0.1, 0.15) is 26.2 Å². The minimum Gasteiger partial charge on any atom is -0.480 e. The molecular formula is C24H21Cl2N3O6S. The third-order valence-electron chi connectivity index (χ3n) is 5.61. The Labute approximate surface area is 216 Å². The summed E-state index contributed by atoms with van der Waals surface area (Å²) in [5.41, 5.74) is 0.703. The van der Waals surface area contributed by atoms with Gasteiger partial charge in [-0.3, -0.25) is 13.8 Å². The highest BCUT2D eigenvalue weighted by atomic mass is 35.5. The van der Waals surface area contributed by atoms with Gasteiger partial charge in [0.1, 0.15) is 6.04 Å². The summed E-state index contributed by atoms with van der Waals surface area (Å²) in [6, 6.07) is 12.4. The van der Waals surface area contributed by atoms with Crippen molar-refractivity contribution in [2.45, 2.75) is 37.1 Å². The maximum atomic E-state index is 13.9. The third-order valence-corrected chi connectivity index (χ3v) is 7.86. The summed E-state index contributed by atoms with van der Waals surface area (Å²) >= 11 is 12.1. The SMILES string of the molecule is CCCCC(C(=O)O)N(c1ccc2c(-c3noc(=O)[nH]3)cccc2c1)S(=O)(=O)c1cc(Cl)cc(Cl)c1. The molecule has 0 saturated heterocycles. The lowest BCUT2D eigenvalue weighted by atomic mass is 10.0. The van der Waals surface area contributed by atoms with Crippen LogP contribution >= 0.6 is 23.2 Å².